The number of hydrogen-bond acceptors (Lipinski definition) is 3. The maximum Gasteiger partial charge on any atom is 0.348 e. The number of fused-ring (bicyclic) bond motifs is 1. The lowest BCUT2D eigenvalue weighted by molar-refractivity contribution is 0.0734. The Morgan fingerprint density at radius 3 is 2.46 bits per heavy atom. The van der Waals surface area contributed by atoms with Gasteiger partial charge in [0.1, 0.15) is 16.5 Å². The van der Waals surface area contributed by atoms with Crippen LogP contribution in [0.5, 0.6) is 5.75 Å². The SMILES string of the molecule is Cc1ccc(Cn2nc(C)c(C(=O)Oc3ccc4ccccc4c3)c2Cl)cc1. The van der Waals surface area contributed by atoms with Crippen LogP contribution >= 0.6 is 11.6 Å². The summed E-state index contributed by atoms with van der Waals surface area (Å²) in [6.07, 6.45) is 0. The lowest BCUT2D eigenvalue weighted by atomic mass is 10.1. The van der Waals surface area contributed by atoms with E-state index in [2.05, 4.69) is 5.10 Å². The molecule has 3 aromatic carbocycles. The lowest BCUT2D eigenvalue weighted by Gasteiger charge is -2.06. The first kappa shape index (κ1) is 18.3. The standard InChI is InChI=1S/C23H19ClN2O2/c1-15-7-9-17(10-8-15)14-26-22(24)21(16(2)25-26)23(27)28-20-12-11-18-5-3-4-6-19(18)13-20/h3-13H,14H2,1-2H3. The van der Waals surface area contributed by atoms with Crippen molar-refractivity contribution in [3.05, 3.63) is 94.3 Å². The Balaban J connectivity index is 1.58. The Labute approximate surface area is 168 Å². The zero-order valence-electron chi connectivity index (χ0n) is 15.6. The quantitative estimate of drug-likeness (QED) is 0.338. The van der Waals surface area contributed by atoms with Crippen LogP contribution in [0.25, 0.3) is 10.8 Å². The number of ether oxygens (including phenoxy) is 1. The fourth-order valence-electron chi connectivity index (χ4n) is 3.15. The van der Waals surface area contributed by atoms with Gasteiger partial charge in [0.05, 0.1) is 12.2 Å². The third kappa shape index (κ3) is 3.64. The van der Waals surface area contributed by atoms with Gasteiger partial charge in [-0.25, -0.2) is 9.48 Å². The number of carbonyl (C=O) groups excluding carboxylic acids is 1. The summed E-state index contributed by atoms with van der Waals surface area (Å²) in [6, 6.07) is 21.6. The van der Waals surface area contributed by atoms with Crippen LogP contribution in [0.4, 0.5) is 0 Å². The minimum absolute atomic E-state index is 0.281. The van der Waals surface area contributed by atoms with E-state index in [0.29, 0.717) is 23.6 Å². The summed E-state index contributed by atoms with van der Waals surface area (Å²) in [5, 5.41) is 6.80. The molecule has 4 rings (SSSR count). The van der Waals surface area contributed by atoms with Gasteiger partial charge in [-0.05, 0) is 42.3 Å². The second-order valence-electron chi connectivity index (χ2n) is 6.79. The number of halogens is 1. The maximum absolute atomic E-state index is 12.7. The molecule has 0 saturated heterocycles. The van der Waals surface area contributed by atoms with Crippen molar-refractivity contribution in [1.29, 1.82) is 0 Å². The van der Waals surface area contributed by atoms with Crippen molar-refractivity contribution < 1.29 is 9.53 Å². The minimum atomic E-state index is -0.507. The van der Waals surface area contributed by atoms with Gasteiger partial charge < -0.3 is 4.74 Å². The first-order valence-corrected chi connectivity index (χ1v) is 9.38. The van der Waals surface area contributed by atoms with Crippen molar-refractivity contribution in [2.24, 2.45) is 0 Å². The van der Waals surface area contributed by atoms with Crippen LogP contribution in [-0.2, 0) is 6.54 Å². The van der Waals surface area contributed by atoms with Gasteiger partial charge in [0.25, 0.3) is 0 Å². The normalized spacial score (nSPS) is 11.0. The Morgan fingerprint density at radius 2 is 1.71 bits per heavy atom. The van der Waals surface area contributed by atoms with Crippen molar-refractivity contribution in [3.8, 4) is 5.75 Å². The average molecular weight is 391 g/mol. The molecule has 0 radical (unpaired) electrons. The van der Waals surface area contributed by atoms with E-state index in [9.17, 15) is 4.79 Å². The molecular weight excluding hydrogens is 372 g/mol. The van der Waals surface area contributed by atoms with Gasteiger partial charge in [-0.3, -0.25) is 0 Å². The molecule has 0 aliphatic rings. The predicted octanol–water partition coefficient (Wildman–Crippen LogP) is 5.57. The highest BCUT2D eigenvalue weighted by Crippen LogP contribution is 2.25. The molecule has 0 atom stereocenters. The van der Waals surface area contributed by atoms with E-state index < -0.39 is 5.97 Å². The molecule has 28 heavy (non-hydrogen) atoms. The van der Waals surface area contributed by atoms with E-state index in [1.807, 2.05) is 67.6 Å². The molecule has 0 N–H and O–H groups in total. The molecular formula is C23H19ClN2O2. The summed E-state index contributed by atoms with van der Waals surface area (Å²) in [6.45, 7) is 4.29. The first-order chi connectivity index (χ1) is 13.5. The monoisotopic (exact) mass is 390 g/mol. The summed E-state index contributed by atoms with van der Waals surface area (Å²) in [5.41, 5.74) is 3.08. The summed E-state index contributed by atoms with van der Waals surface area (Å²) < 4.78 is 7.20. The zero-order valence-corrected chi connectivity index (χ0v) is 16.4. The third-order valence-electron chi connectivity index (χ3n) is 4.65. The van der Waals surface area contributed by atoms with Gasteiger partial charge in [0.15, 0.2) is 0 Å². The highest BCUT2D eigenvalue weighted by atomic mass is 35.5. The molecule has 4 nitrogen and oxygen atoms in total. The van der Waals surface area contributed by atoms with Gasteiger partial charge in [-0.15, -0.1) is 0 Å². The molecule has 1 heterocycles. The van der Waals surface area contributed by atoms with Crippen LogP contribution in [0.2, 0.25) is 5.15 Å². The second-order valence-corrected chi connectivity index (χ2v) is 7.15. The van der Waals surface area contributed by atoms with E-state index >= 15 is 0 Å². The van der Waals surface area contributed by atoms with Crippen molar-refractivity contribution >= 4 is 28.3 Å². The Morgan fingerprint density at radius 1 is 1.00 bits per heavy atom. The van der Waals surface area contributed by atoms with Crippen LogP contribution in [0.15, 0.2) is 66.7 Å². The molecule has 0 spiro atoms. The van der Waals surface area contributed by atoms with Crippen molar-refractivity contribution in [3.63, 3.8) is 0 Å². The number of esters is 1. The Hall–Kier alpha value is -3.11. The van der Waals surface area contributed by atoms with E-state index in [1.165, 1.54) is 5.56 Å². The highest BCUT2D eigenvalue weighted by molar-refractivity contribution is 6.32. The topological polar surface area (TPSA) is 44.1 Å². The van der Waals surface area contributed by atoms with Crippen LogP contribution < -0.4 is 4.74 Å². The van der Waals surface area contributed by atoms with E-state index in [1.54, 1.807) is 17.7 Å². The lowest BCUT2D eigenvalue weighted by Crippen LogP contribution is -2.10. The van der Waals surface area contributed by atoms with E-state index in [0.717, 1.165) is 16.3 Å². The van der Waals surface area contributed by atoms with Crippen LogP contribution in [0.3, 0.4) is 0 Å². The molecule has 0 amide bonds. The molecule has 0 saturated carbocycles. The summed E-state index contributed by atoms with van der Waals surface area (Å²) in [7, 11) is 0. The van der Waals surface area contributed by atoms with Crippen LogP contribution in [0, 0.1) is 13.8 Å². The minimum Gasteiger partial charge on any atom is -0.423 e. The maximum atomic E-state index is 12.7. The molecule has 140 valence electrons. The zero-order chi connectivity index (χ0) is 19.7. The summed E-state index contributed by atoms with van der Waals surface area (Å²) >= 11 is 6.47. The number of carbonyl (C=O) groups is 1. The van der Waals surface area contributed by atoms with E-state index in [4.69, 9.17) is 16.3 Å². The summed E-state index contributed by atoms with van der Waals surface area (Å²) in [5.74, 6) is -0.0293. The van der Waals surface area contributed by atoms with Gasteiger partial charge in [0, 0.05) is 0 Å². The molecule has 0 unspecified atom stereocenters. The van der Waals surface area contributed by atoms with Crippen molar-refractivity contribution in [2.45, 2.75) is 20.4 Å². The van der Waals surface area contributed by atoms with Crippen LogP contribution in [0.1, 0.15) is 27.2 Å². The largest absolute Gasteiger partial charge is 0.423 e. The van der Waals surface area contributed by atoms with Crippen molar-refractivity contribution in [2.75, 3.05) is 0 Å². The number of nitrogens with zero attached hydrogens (tertiary/aromatic N) is 2. The highest BCUT2D eigenvalue weighted by Gasteiger charge is 2.22. The third-order valence-corrected chi connectivity index (χ3v) is 5.04. The number of aromatic nitrogens is 2. The molecule has 4 aromatic rings. The number of hydrogen-bond donors (Lipinski definition) is 0. The number of aryl methyl sites for hydroxylation is 2. The fourth-order valence-corrected chi connectivity index (χ4v) is 3.46. The molecule has 1 aromatic heterocycles. The van der Waals surface area contributed by atoms with Gasteiger partial charge in [-0.1, -0.05) is 71.8 Å². The van der Waals surface area contributed by atoms with Crippen molar-refractivity contribution in [1.82, 2.24) is 9.78 Å². The number of rotatable bonds is 4. The van der Waals surface area contributed by atoms with Crippen LogP contribution in [-0.4, -0.2) is 15.7 Å². The molecule has 0 aliphatic carbocycles. The predicted molar refractivity (Wildman–Crippen MR) is 111 cm³/mol. The number of benzene rings is 3. The summed E-state index contributed by atoms with van der Waals surface area (Å²) in [4.78, 5) is 12.7. The molecule has 0 bridgehead atoms. The second kappa shape index (κ2) is 7.49. The Kier molecular flexibility index (Phi) is 4.88. The van der Waals surface area contributed by atoms with Gasteiger partial charge in [-0.2, -0.15) is 5.10 Å². The average Bonchev–Trinajstić information content (AvgIpc) is 2.96. The molecule has 0 fully saturated rings. The smallest absolute Gasteiger partial charge is 0.348 e. The fraction of sp³-hybridized carbons (Fsp3) is 0.130. The molecule has 5 heteroatoms. The van der Waals surface area contributed by atoms with Gasteiger partial charge in [0.2, 0.25) is 0 Å². The van der Waals surface area contributed by atoms with E-state index in [-0.39, 0.29) is 5.15 Å². The molecule has 0 aliphatic heterocycles. The Bertz CT molecular complexity index is 1160. The first-order valence-electron chi connectivity index (χ1n) is 9.01. The van der Waals surface area contributed by atoms with Gasteiger partial charge >= 0.3 is 5.97 Å².